The van der Waals surface area contributed by atoms with Gasteiger partial charge in [-0.2, -0.15) is 0 Å². The van der Waals surface area contributed by atoms with Gasteiger partial charge in [-0.25, -0.2) is 0 Å². The fourth-order valence-electron chi connectivity index (χ4n) is 0. The summed E-state index contributed by atoms with van der Waals surface area (Å²) in [5.74, 6) is -1.08. The summed E-state index contributed by atoms with van der Waals surface area (Å²) in [5, 5.41) is 8.89. The zero-order valence-corrected chi connectivity index (χ0v) is 7.37. The molecule has 0 amide bonds. The van der Waals surface area contributed by atoms with Gasteiger partial charge in [0.2, 0.25) is 0 Å². The third-order valence-electron chi connectivity index (χ3n) is 0. The Balaban J connectivity index is -0.00000000214. The molecular formula is C2H12Ni2O7. The van der Waals surface area contributed by atoms with Crippen molar-refractivity contribution >= 4 is 5.97 Å². The second-order valence-electron chi connectivity index (χ2n) is 0.492. The van der Waals surface area contributed by atoms with Crippen molar-refractivity contribution in [1.29, 1.82) is 0 Å². The number of carbonyl (C=O) groups excluding carboxylic acids is 1. The number of aliphatic carboxylic acids is 1. The van der Waals surface area contributed by atoms with Gasteiger partial charge >= 0.3 is 16.5 Å². The van der Waals surface area contributed by atoms with Crippen molar-refractivity contribution in [2.45, 2.75) is 6.92 Å². The van der Waals surface area contributed by atoms with Crippen LogP contribution in [-0.4, -0.2) is 33.4 Å². The summed E-state index contributed by atoms with van der Waals surface area (Å²) in [7, 11) is 0. The van der Waals surface area contributed by atoms with E-state index >= 15 is 0 Å². The van der Waals surface area contributed by atoms with E-state index in [0.29, 0.717) is 0 Å². The molecule has 0 saturated heterocycles. The summed E-state index contributed by atoms with van der Waals surface area (Å²) in [6, 6.07) is 0. The molecule has 0 unspecified atom stereocenters. The number of hydrogen-bond acceptors (Lipinski definition) is 3. The Hall–Kier alpha value is 0.257. The van der Waals surface area contributed by atoms with Gasteiger partial charge in [0.05, 0.1) is 0 Å². The minimum atomic E-state index is -1.08. The van der Waals surface area contributed by atoms with E-state index in [1.807, 2.05) is 0 Å². The number of hydrogen-bond donors (Lipinski definition) is 0. The van der Waals surface area contributed by atoms with E-state index in [1.54, 1.807) is 0 Å². The molecule has 0 atom stereocenters. The maximum absolute atomic E-state index is 8.89. The molecule has 0 aliphatic heterocycles. The van der Waals surface area contributed by atoms with E-state index in [9.17, 15) is 0 Å². The average molecular weight is 265 g/mol. The van der Waals surface area contributed by atoms with Gasteiger partial charge in [0, 0.05) is 22.5 Å². The second kappa shape index (κ2) is 82.9. The minimum absolute atomic E-state index is 0. The van der Waals surface area contributed by atoms with Crippen LogP contribution in [0.1, 0.15) is 6.92 Å². The van der Waals surface area contributed by atoms with E-state index in [2.05, 4.69) is 0 Å². The second-order valence-corrected chi connectivity index (χ2v) is 0.492. The van der Waals surface area contributed by atoms with Crippen molar-refractivity contribution in [3.8, 4) is 0 Å². The molecule has 0 aromatic carbocycles. The molecule has 11 heavy (non-hydrogen) atoms. The zero-order valence-electron chi connectivity index (χ0n) is 5.40. The van der Waals surface area contributed by atoms with Crippen molar-refractivity contribution in [2.24, 2.45) is 0 Å². The number of carbonyl (C=O) groups is 1. The molecule has 0 aliphatic rings. The molecule has 0 radical (unpaired) electrons. The first-order valence-corrected chi connectivity index (χ1v) is 0.908. The van der Waals surface area contributed by atoms with Gasteiger partial charge in [-0.15, -0.1) is 0 Å². The molecule has 0 heterocycles. The monoisotopic (exact) mass is 264 g/mol. The Bertz CT molecular complexity index is 37.4. The molecule has 7 nitrogen and oxygen atoms in total. The largest absolute Gasteiger partial charge is 2.00 e. The summed E-state index contributed by atoms with van der Waals surface area (Å²) in [6.07, 6.45) is 0. The molecule has 9 N–H and O–H groups in total. The van der Waals surface area contributed by atoms with Crippen LogP contribution in [-0.2, 0) is 37.8 Å². The van der Waals surface area contributed by atoms with Crippen LogP contribution >= 0.6 is 0 Å². The van der Waals surface area contributed by atoms with Crippen LogP contribution in [0.3, 0.4) is 0 Å². The molecule has 0 rings (SSSR count). The third kappa shape index (κ3) is 10600. The van der Waals surface area contributed by atoms with Gasteiger partial charge in [0.25, 0.3) is 0 Å². The van der Waals surface area contributed by atoms with Crippen molar-refractivity contribution in [3.63, 3.8) is 0 Å². The van der Waals surface area contributed by atoms with E-state index < -0.39 is 5.97 Å². The van der Waals surface area contributed by atoms with Gasteiger partial charge in [0.15, 0.2) is 0 Å². The summed E-state index contributed by atoms with van der Waals surface area (Å²) < 4.78 is 0. The molecule has 9 heteroatoms. The Kier molecular flexibility index (Phi) is 841. The van der Waals surface area contributed by atoms with Gasteiger partial charge in [0.1, 0.15) is 0 Å². The van der Waals surface area contributed by atoms with Crippen molar-refractivity contribution in [2.75, 3.05) is 0 Å². The zero-order chi connectivity index (χ0) is 3.58. The van der Waals surface area contributed by atoms with Gasteiger partial charge in [-0.05, 0) is 6.92 Å². The molecule has 82 valence electrons. The van der Waals surface area contributed by atoms with Crippen LogP contribution in [0.15, 0.2) is 0 Å². The Morgan fingerprint density at radius 3 is 1.09 bits per heavy atom. The summed E-state index contributed by atoms with van der Waals surface area (Å²) >= 11 is 0. The molecule has 0 bridgehead atoms. The third-order valence-corrected chi connectivity index (χ3v) is 0. The molecule has 0 saturated carbocycles. The van der Waals surface area contributed by atoms with Crippen LogP contribution < -0.4 is 5.11 Å². The standard InChI is InChI=1S/C2H4O2.2Ni.5H2O/c1-2(3)4;;;;;;;/h1H3,(H,3,4);;;5*1H2/q;;+2;;;;;/p-2. The van der Waals surface area contributed by atoms with Crippen LogP contribution in [0.25, 0.3) is 0 Å². The van der Waals surface area contributed by atoms with Crippen LogP contribution in [0.2, 0.25) is 0 Å². The summed E-state index contributed by atoms with van der Waals surface area (Å²) in [6.45, 7) is 0.972. The average Bonchev–Trinajstić information content (AvgIpc) is 0.811. The van der Waals surface area contributed by atoms with Crippen molar-refractivity contribution in [1.82, 2.24) is 0 Å². The minimum Gasteiger partial charge on any atom is -0.870 e. The Morgan fingerprint density at radius 2 is 1.09 bits per heavy atom. The number of rotatable bonds is 0. The van der Waals surface area contributed by atoms with E-state index in [4.69, 9.17) is 9.90 Å². The predicted octanol–water partition coefficient (Wildman–Crippen LogP) is -4.72. The maximum Gasteiger partial charge on any atom is 2.00 e. The first kappa shape index (κ1) is 112. The van der Waals surface area contributed by atoms with E-state index in [-0.39, 0.29) is 60.4 Å². The SMILES string of the molecule is CC(=O)[O-].O.O.O.O.[Ni+2].[Ni].[OH-]. The van der Waals surface area contributed by atoms with Gasteiger partial charge < -0.3 is 37.3 Å². The molecule has 0 aromatic rings. The van der Waals surface area contributed by atoms with Gasteiger partial charge in [-0.1, -0.05) is 0 Å². The summed E-state index contributed by atoms with van der Waals surface area (Å²) in [5.41, 5.74) is 0. The fourth-order valence-corrected chi connectivity index (χ4v) is 0. The van der Waals surface area contributed by atoms with E-state index in [0.717, 1.165) is 6.92 Å². The quantitative estimate of drug-likeness (QED) is 0.397. The molecular weight excluding hydrogens is 253 g/mol. The molecule has 0 spiro atoms. The van der Waals surface area contributed by atoms with Crippen molar-refractivity contribution in [3.05, 3.63) is 0 Å². The van der Waals surface area contributed by atoms with Crippen LogP contribution in [0.4, 0.5) is 0 Å². The molecule has 0 fully saturated rings. The normalized spacial score (nSPS) is 2.27. The first-order chi connectivity index (χ1) is 1.73. The van der Waals surface area contributed by atoms with Crippen LogP contribution in [0, 0.1) is 0 Å². The first-order valence-electron chi connectivity index (χ1n) is 0.908. The van der Waals surface area contributed by atoms with Gasteiger partial charge in [-0.3, -0.25) is 0 Å². The number of carboxylic acid groups (broad SMARTS) is 1. The smallest absolute Gasteiger partial charge is 0.870 e. The molecule has 0 aliphatic carbocycles. The van der Waals surface area contributed by atoms with Crippen molar-refractivity contribution < 1.29 is 70.3 Å². The fraction of sp³-hybridized carbons (Fsp3) is 0.500. The van der Waals surface area contributed by atoms with Crippen LogP contribution in [0.5, 0.6) is 0 Å². The Labute approximate surface area is 83.6 Å². The molecule has 0 aromatic heterocycles. The van der Waals surface area contributed by atoms with E-state index in [1.165, 1.54) is 0 Å². The number of carboxylic acids is 1. The summed E-state index contributed by atoms with van der Waals surface area (Å²) in [4.78, 5) is 8.89. The maximum atomic E-state index is 8.89. The predicted molar refractivity (Wildman–Crippen MR) is 27.1 cm³/mol. The topological polar surface area (TPSA) is 196 Å². The Morgan fingerprint density at radius 1 is 1.09 bits per heavy atom.